The molecule has 2 aromatic heterocycles. The van der Waals surface area contributed by atoms with Crippen LogP contribution in [0.4, 0.5) is 0 Å². The molecular formula is C11H17N5O. The molecule has 0 saturated heterocycles. The van der Waals surface area contributed by atoms with Gasteiger partial charge in [-0.05, 0) is 26.0 Å². The number of aryl methyl sites for hydroxylation is 1. The summed E-state index contributed by atoms with van der Waals surface area (Å²) in [5.41, 5.74) is 7.32. The highest BCUT2D eigenvalue weighted by Gasteiger charge is 2.13. The van der Waals surface area contributed by atoms with Crippen molar-refractivity contribution in [3.63, 3.8) is 0 Å². The first-order valence-electron chi connectivity index (χ1n) is 5.74. The molecule has 0 radical (unpaired) electrons. The maximum absolute atomic E-state index is 5.65. The van der Waals surface area contributed by atoms with Gasteiger partial charge in [-0.2, -0.15) is 9.61 Å². The van der Waals surface area contributed by atoms with Crippen molar-refractivity contribution in [1.82, 2.24) is 19.8 Å². The maximum atomic E-state index is 5.65. The molecule has 0 fully saturated rings. The van der Waals surface area contributed by atoms with E-state index in [4.69, 9.17) is 10.5 Å². The van der Waals surface area contributed by atoms with Crippen LogP contribution in [0.2, 0.25) is 0 Å². The van der Waals surface area contributed by atoms with E-state index in [-0.39, 0.29) is 6.10 Å². The molecule has 0 amide bonds. The van der Waals surface area contributed by atoms with Crippen LogP contribution < -0.4 is 5.73 Å². The second kappa shape index (κ2) is 5.20. The highest BCUT2D eigenvalue weighted by molar-refractivity contribution is 5.36. The van der Waals surface area contributed by atoms with Gasteiger partial charge in [0.15, 0.2) is 11.5 Å². The van der Waals surface area contributed by atoms with Crippen molar-refractivity contribution < 1.29 is 4.74 Å². The second-order valence-corrected chi connectivity index (χ2v) is 3.88. The number of nitrogens with two attached hydrogens (primary N) is 1. The Bertz CT molecular complexity index is 496. The van der Waals surface area contributed by atoms with Gasteiger partial charge >= 0.3 is 0 Å². The largest absolute Gasteiger partial charge is 0.377 e. The first-order chi connectivity index (χ1) is 8.24. The van der Waals surface area contributed by atoms with Gasteiger partial charge in [0.1, 0.15) is 0 Å². The van der Waals surface area contributed by atoms with E-state index in [1.165, 1.54) is 0 Å². The van der Waals surface area contributed by atoms with Crippen molar-refractivity contribution in [2.45, 2.75) is 26.4 Å². The fourth-order valence-electron chi connectivity index (χ4n) is 1.70. The van der Waals surface area contributed by atoms with E-state index in [0.29, 0.717) is 19.6 Å². The average molecular weight is 235 g/mol. The first-order valence-corrected chi connectivity index (χ1v) is 5.74. The maximum Gasteiger partial charge on any atom is 0.177 e. The third-order valence-corrected chi connectivity index (χ3v) is 2.54. The average Bonchev–Trinajstić information content (AvgIpc) is 2.71. The Morgan fingerprint density at radius 1 is 1.41 bits per heavy atom. The molecule has 17 heavy (non-hydrogen) atoms. The minimum absolute atomic E-state index is 0.0327. The zero-order valence-electron chi connectivity index (χ0n) is 10.1. The number of hydrogen-bond acceptors (Lipinski definition) is 5. The molecule has 0 aliphatic heterocycles. The van der Waals surface area contributed by atoms with Crippen LogP contribution in [-0.4, -0.2) is 39.1 Å². The number of hydrogen-bond donors (Lipinski definition) is 1. The minimum Gasteiger partial charge on any atom is -0.377 e. The third-order valence-electron chi connectivity index (χ3n) is 2.54. The summed E-state index contributed by atoms with van der Waals surface area (Å²) in [5.74, 6) is 0.785. The summed E-state index contributed by atoms with van der Waals surface area (Å²) < 4.78 is 7.26. The van der Waals surface area contributed by atoms with Crippen LogP contribution in [0.5, 0.6) is 0 Å². The minimum atomic E-state index is -0.0327. The number of aromatic nitrogens is 4. The molecule has 0 aromatic carbocycles. The van der Waals surface area contributed by atoms with E-state index < -0.39 is 0 Å². The van der Waals surface area contributed by atoms with Crippen LogP contribution in [-0.2, 0) is 11.2 Å². The number of nitrogens with zero attached hydrogens (tertiary/aromatic N) is 4. The van der Waals surface area contributed by atoms with Crippen LogP contribution in [0.3, 0.4) is 0 Å². The van der Waals surface area contributed by atoms with Crippen LogP contribution in [0.25, 0.3) is 5.65 Å². The highest BCUT2D eigenvalue weighted by atomic mass is 16.5. The Morgan fingerprint density at radius 3 is 2.94 bits per heavy atom. The predicted molar refractivity (Wildman–Crippen MR) is 63.7 cm³/mol. The molecule has 1 unspecified atom stereocenters. The monoisotopic (exact) mass is 235 g/mol. The highest BCUT2D eigenvalue weighted by Crippen LogP contribution is 2.06. The Kier molecular flexibility index (Phi) is 3.65. The zero-order chi connectivity index (χ0) is 12.3. The van der Waals surface area contributed by atoms with Crippen molar-refractivity contribution in [3.8, 4) is 0 Å². The molecule has 2 N–H and O–H groups in total. The van der Waals surface area contributed by atoms with Crippen LogP contribution >= 0.6 is 0 Å². The number of rotatable bonds is 5. The van der Waals surface area contributed by atoms with Gasteiger partial charge < -0.3 is 10.5 Å². The molecule has 6 nitrogen and oxygen atoms in total. The molecule has 0 spiro atoms. The molecular weight excluding hydrogens is 218 g/mol. The van der Waals surface area contributed by atoms with Gasteiger partial charge in [0.2, 0.25) is 0 Å². The smallest absolute Gasteiger partial charge is 0.177 e. The first kappa shape index (κ1) is 11.9. The van der Waals surface area contributed by atoms with Gasteiger partial charge in [-0.1, -0.05) is 0 Å². The summed E-state index contributed by atoms with van der Waals surface area (Å²) in [4.78, 5) is 0. The SMILES string of the molecule is CCOC(CN)Cc1nnc2ccc(C)nn12. The second-order valence-electron chi connectivity index (χ2n) is 3.88. The number of fused-ring (bicyclic) bond motifs is 1. The van der Waals surface area contributed by atoms with Crippen molar-refractivity contribution in [1.29, 1.82) is 0 Å². The molecule has 6 heteroatoms. The molecule has 2 rings (SSSR count). The molecule has 0 bridgehead atoms. The Labute approximate surface area is 99.8 Å². The lowest BCUT2D eigenvalue weighted by Gasteiger charge is -2.12. The summed E-state index contributed by atoms with van der Waals surface area (Å²) in [5, 5.41) is 12.6. The fourth-order valence-corrected chi connectivity index (χ4v) is 1.70. The van der Waals surface area contributed by atoms with Crippen molar-refractivity contribution in [3.05, 3.63) is 23.7 Å². The zero-order valence-corrected chi connectivity index (χ0v) is 10.1. The molecule has 92 valence electrons. The molecule has 0 aliphatic rings. The third kappa shape index (κ3) is 2.59. The van der Waals surface area contributed by atoms with Crippen LogP contribution in [0.15, 0.2) is 12.1 Å². The van der Waals surface area contributed by atoms with Gasteiger partial charge in [0, 0.05) is 19.6 Å². The van der Waals surface area contributed by atoms with Crippen molar-refractivity contribution >= 4 is 5.65 Å². The fraction of sp³-hybridized carbons (Fsp3) is 0.545. The predicted octanol–water partition coefficient (Wildman–Crippen LogP) is 0.339. The summed E-state index contributed by atoms with van der Waals surface area (Å²) in [6, 6.07) is 3.81. The lowest BCUT2D eigenvalue weighted by atomic mass is 10.2. The topological polar surface area (TPSA) is 78.3 Å². The molecule has 0 saturated carbocycles. The Hall–Kier alpha value is -1.53. The quantitative estimate of drug-likeness (QED) is 0.808. The van der Waals surface area contributed by atoms with Crippen LogP contribution in [0, 0.1) is 6.92 Å². The lowest BCUT2D eigenvalue weighted by Crippen LogP contribution is -2.27. The van der Waals surface area contributed by atoms with E-state index >= 15 is 0 Å². The van der Waals surface area contributed by atoms with E-state index in [9.17, 15) is 0 Å². The van der Waals surface area contributed by atoms with Crippen LogP contribution in [0.1, 0.15) is 18.4 Å². The van der Waals surface area contributed by atoms with E-state index in [2.05, 4.69) is 15.3 Å². The van der Waals surface area contributed by atoms with Crippen molar-refractivity contribution in [2.75, 3.05) is 13.2 Å². The van der Waals surface area contributed by atoms with Crippen molar-refractivity contribution in [2.24, 2.45) is 5.73 Å². The van der Waals surface area contributed by atoms with Gasteiger partial charge in [-0.15, -0.1) is 10.2 Å². The summed E-state index contributed by atoms with van der Waals surface area (Å²) in [6.07, 6.45) is 0.594. The van der Waals surface area contributed by atoms with Gasteiger partial charge in [-0.25, -0.2) is 0 Å². The lowest BCUT2D eigenvalue weighted by molar-refractivity contribution is 0.0677. The van der Waals surface area contributed by atoms with E-state index in [1.807, 2.05) is 26.0 Å². The summed E-state index contributed by atoms with van der Waals surface area (Å²) in [7, 11) is 0. The van der Waals surface area contributed by atoms with Gasteiger partial charge in [0.25, 0.3) is 0 Å². The molecule has 2 heterocycles. The normalized spacial score (nSPS) is 13.1. The summed E-state index contributed by atoms with van der Waals surface area (Å²) >= 11 is 0. The standard InChI is InChI=1S/C11H17N5O/c1-3-17-9(7-12)6-11-14-13-10-5-4-8(2)15-16(10)11/h4-5,9H,3,6-7,12H2,1-2H3. The van der Waals surface area contributed by atoms with Gasteiger partial charge in [0.05, 0.1) is 11.8 Å². The van der Waals surface area contributed by atoms with E-state index in [1.54, 1.807) is 4.52 Å². The van der Waals surface area contributed by atoms with Gasteiger partial charge in [-0.3, -0.25) is 0 Å². The van der Waals surface area contributed by atoms with E-state index in [0.717, 1.165) is 17.2 Å². The number of ether oxygens (including phenoxy) is 1. The Morgan fingerprint density at radius 2 is 2.24 bits per heavy atom. The Balaban J connectivity index is 2.26. The summed E-state index contributed by atoms with van der Waals surface area (Å²) in [6.45, 7) is 5.00. The molecule has 1 atom stereocenters. The molecule has 0 aliphatic carbocycles. The molecule has 2 aromatic rings.